The topological polar surface area (TPSA) is 86.1 Å². The minimum atomic E-state index is -0.491. The molecule has 0 amide bonds. The van der Waals surface area contributed by atoms with Crippen LogP contribution in [0.5, 0.6) is 5.75 Å². The van der Waals surface area contributed by atoms with Crippen molar-refractivity contribution in [1.82, 2.24) is 14.9 Å². The Hall–Kier alpha value is -3.22. The van der Waals surface area contributed by atoms with E-state index in [1.54, 1.807) is 6.07 Å². The zero-order chi connectivity index (χ0) is 23.4. The van der Waals surface area contributed by atoms with Gasteiger partial charge in [-0.2, -0.15) is 5.26 Å². The van der Waals surface area contributed by atoms with Gasteiger partial charge in [0.05, 0.1) is 40.4 Å². The molecular weight excluding hydrogens is 463 g/mol. The van der Waals surface area contributed by atoms with Gasteiger partial charge < -0.3 is 20.3 Å². The van der Waals surface area contributed by atoms with Gasteiger partial charge in [-0.05, 0) is 44.0 Å². The van der Waals surface area contributed by atoms with Gasteiger partial charge in [0, 0.05) is 23.7 Å². The maximum Gasteiger partial charge on any atom is 0.144 e. The second-order valence-corrected chi connectivity index (χ2v) is 8.38. The Kier molecular flexibility index (Phi) is 7.06. The molecule has 2 aromatic carbocycles. The van der Waals surface area contributed by atoms with E-state index >= 15 is 0 Å². The SMILES string of the molecule is CCOc1cc2ncnc(Nc3ccc(F)c(Cl)c3)c2cc1NCC(=S)N1CCCC1C#N. The van der Waals surface area contributed by atoms with Gasteiger partial charge in [0.25, 0.3) is 0 Å². The van der Waals surface area contributed by atoms with Gasteiger partial charge in [0.15, 0.2) is 0 Å². The second-order valence-electron chi connectivity index (χ2n) is 7.50. The summed E-state index contributed by atoms with van der Waals surface area (Å²) in [6.45, 7) is 3.57. The Morgan fingerprint density at radius 3 is 2.97 bits per heavy atom. The number of aromatic nitrogens is 2. The van der Waals surface area contributed by atoms with E-state index < -0.39 is 5.82 Å². The van der Waals surface area contributed by atoms with E-state index in [1.807, 2.05) is 24.0 Å². The molecule has 2 N–H and O–H groups in total. The lowest BCUT2D eigenvalue weighted by Crippen LogP contribution is -2.37. The Bertz CT molecular complexity index is 1230. The van der Waals surface area contributed by atoms with E-state index in [0.29, 0.717) is 40.9 Å². The molecule has 2 heterocycles. The zero-order valence-electron chi connectivity index (χ0n) is 17.9. The molecule has 10 heteroatoms. The number of rotatable bonds is 7. The highest BCUT2D eigenvalue weighted by atomic mass is 35.5. The Morgan fingerprint density at radius 2 is 2.21 bits per heavy atom. The number of nitrogens with zero attached hydrogens (tertiary/aromatic N) is 4. The van der Waals surface area contributed by atoms with Crippen molar-refractivity contribution >= 4 is 56.9 Å². The number of fused-ring (bicyclic) bond motifs is 1. The Labute approximate surface area is 201 Å². The summed E-state index contributed by atoms with van der Waals surface area (Å²) in [4.78, 5) is 11.4. The van der Waals surface area contributed by atoms with Crippen LogP contribution in [-0.4, -0.2) is 45.6 Å². The number of nitriles is 1. The fourth-order valence-electron chi connectivity index (χ4n) is 3.78. The molecule has 1 atom stereocenters. The predicted octanol–water partition coefficient (Wildman–Crippen LogP) is 5.29. The first kappa shape index (κ1) is 23.0. The van der Waals surface area contributed by atoms with Crippen LogP contribution in [0.25, 0.3) is 10.9 Å². The molecule has 0 spiro atoms. The minimum Gasteiger partial charge on any atom is -0.492 e. The van der Waals surface area contributed by atoms with Crippen molar-refractivity contribution in [2.45, 2.75) is 25.8 Å². The van der Waals surface area contributed by atoms with E-state index in [2.05, 4.69) is 26.7 Å². The fraction of sp³-hybridized carbons (Fsp3) is 0.304. The quantitative estimate of drug-likeness (QED) is 0.437. The number of nitrogens with one attached hydrogen (secondary N) is 2. The van der Waals surface area contributed by atoms with Gasteiger partial charge in [0.1, 0.15) is 29.8 Å². The number of likely N-dealkylation sites (tertiary alicyclic amines) is 1. The molecule has 1 aliphatic heterocycles. The molecule has 1 saturated heterocycles. The molecular formula is C23H22ClFN6OS. The summed E-state index contributed by atoms with van der Waals surface area (Å²) in [7, 11) is 0. The van der Waals surface area contributed by atoms with Crippen LogP contribution >= 0.6 is 23.8 Å². The first-order chi connectivity index (χ1) is 16.0. The average Bonchev–Trinajstić information content (AvgIpc) is 3.29. The number of ether oxygens (including phenoxy) is 1. The summed E-state index contributed by atoms with van der Waals surface area (Å²) in [5, 5.41) is 16.6. The summed E-state index contributed by atoms with van der Waals surface area (Å²) in [5.41, 5.74) is 2.01. The van der Waals surface area contributed by atoms with Crippen molar-refractivity contribution in [3.63, 3.8) is 0 Å². The van der Waals surface area contributed by atoms with Crippen LogP contribution in [-0.2, 0) is 0 Å². The first-order valence-corrected chi connectivity index (χ1v) is 11.4. The molecule has 1 aliphatic rings. The van der Waals surface area contributed by atoms with Crippen molar-refractivity contribution in [1.29, 1.82) is 5.26 Å². The van der Waals surface area contributed by atoms with Crippen molar-refractivity contribution in [2.75, 3.05) is 30.3 Å². The summed E-state index contributed by atoms with van der Waals surface area (Å²) >= 11 is 11.5. The van der Waals surface area contributed by atoms with Crippen molar-refractivity contribution < 1.29 is 9.13 Å². The molecule has 33 heavy (non-hydrogen) atoms. The van der Waals surface area contributed by atoms with Gasteiger partial charge in [-0.25, -0.2) is 14.4 Å². The largest absolute Gasteiger partial charge is 0.492 e. The van der Waals surface area contributed by atoms with Gasteiger partial charge in [0.2, 0.25) is 0 Å². The van der Waals surface area contributed by atoms with Crippen LogP contribution < -0.4 is 15.4 Å². The molecule has 1 aromatic heterocycles. The van der Waals surface area contributed by atoms with Gasteiger partial charge in [-0.1, -0.05) is 23.8 Å². The molecule has 0 aliphatic carbocycles. The lowest BCUT2D eigenvalue weighted by atomic mass is 10.1. The molecule has 4 rings (SSSR count). The summed E-state index contributed by atoms with van der Waals surface area (Å²) < 4.78 is 19.4. The van der Waals surface area contributed by atoms with Crippen molar-refractivity contribution in [3.8, 4) is 11.8 Å². The molecule has 7 nitrogen and oxygen atoms in total. The molecule has 3 aromatic rings. The fourth-order valence-corrected chi connectivity index (χ4v) is 4.25. The number of thiocarbonyl (C=S) groups is 1. The van der Waals surface area contributed by atoms with E-state index in [4.69, 9.17) is 28.6 Å². The lowest BCUT2D eigenvalue weighted by Gasteiger charge is -2.23. The first-order valence-electron chi connectivity index (χ1n) is 10.6. The molecule has 0 radical (unpaired) electrons. The predicted molar refractivity (Wildman–Crippen MR) is 132 cm³/mol. The third-order valence-corrected chi connectivity index (χ3v) is 6.04. The Morgan fingerprint density at radius 1 is 1.36 bits per heavy atom. The van der Waals surface area contributed by atoms with E-state index in [0.717, 1.165) is 30.5 Å². The number of hydrogen-bond acceptors (Lipinski definition) is 7. The van der Waals surface area contributed by atoms with Crippen molar-refractivity contribution in [2.24, 2.45) is 0 Å². The van der Waals surface area contributed by atoms with Crippen molar-refractivity contribution in [3.05, 3.63) is 47.5 Å². The normalized spacial score (nSPS) is 15.3. The van der Waals surface area contributed by atoms with E-state index in [1.165, 1.54) is 18.5 Å². The number of benzene rings is 2. The number of halogens is 2. The molecule has 170 valence electrons. The summed E-state index contributed by atoms with van der Waals surface area (Å²) in [5.74, 6) is 0.691. The van der Waals surface area contributed by atoms with E-state index in [9.17, 15) is 9.65 Å². The third-order valence-electron chi connectivity index (χ3n) is 5.37. The van der Waals surface area contributed by atoms with Crippen LogP contribution in [0, 0.1) is 17.1 Å². The molecule has 1 fully saturated rings. The minimum absolute atomic E-state index is 0.0189. The molecule has 0 saturated carbocycles. The van der Waals surface area contributed by atoms with E-state index in [-0.39, 0.29) is 11.1 Å². The average molecular weight is 485 g/mol. The van der Waals surface area contributed by atoms with Crippen LogP contribution in [0.15, 0.2) is 36.7 Å². The highest BCUT2D eigenvalue weighted by Crippen LogP contribution is 2.34. The Balaban J connectivity index is 1.63. The van der Waals surface area contributed by atoms with Crippen LogP contribution in [0.3, 0.4) is 0 Å². The standard InChI is InChI=1S/C23H22ClFN6OS/c1-2-32-21-10-19-16(9-20(21)27-12-22(33)31-7-3-4-15(31)11-26)23(29-13-28-19)30-14-5-6-18(25)17(24)8-14/h5-6,8-10,13,15,27H,2-4,7,12H2,1H3,(H,28,29,30). The van der Waals surface area contributed by atoms with Gasteiger partial charge >= 0.3 is 0 Å². The highest BCUT2D eigenvalue weighted by molar-refractivity contribution is 7.80. The van der Waals surface area contributed by atoms with Crippen LogP contribution in [0.4, 0.5) is 21.6 Å². The summed E-state index contributed by atoms with van der Waals surface area (Å²) in [6, 6.07) is 10.2. The zero-order valence-corrected chi connectivity index (χ0v) is 19.5. The molecule has 0 bridgehead atoms. The van der Waals surface area contributed by atoms with Crippen LogP contribution in [0.1, 0.15) is 19.8 Å². The smallest absolute Gasteiger partial charge is 0.144 e. The summed E-state index contributed by atoms with van der Waals surface area (Å²) in [6.07, 6.45) is 3.23. The number of anilines is 3. The second kappa shape index (κ2) is 10.1. The van der Waals surface area contributed by atoms with Crippen LogP contribution in [0.2, 0.25) is 5.02 Å². The highest BCUT2D eigenvalue weighted by Gasteiger charge is 2.26. The monoisotopic (exact) mass is 484 g/mol. The third kappa shape index (κ3) is 5.07. The van der Waals surface area contributed by atoms with Gasteiger partial charge in [-0.15, -0.1) is 0 Å². The number of hydrogen-bond donors (Lipinski definition) is 2. The maximum absolute atomic E-state index is 13.5. The maximum atomic E-state index is 13.5. The lowest BCUT2D eigenvalue weighted by molar-refractivity contribution is 0.342. The van der Waals surface area contributed by atoms with Gasteiger partial charge in [-0.3, -0.25) is 0 Å². The molecule has 1 unspecified atom stereocenters.